The van der Waals surface area contributed by atoms with E-state index in [1.54, 1.807) is 36.4 Å². The topological polar surface area (TPSA) is 81.7 Å². The van der Waals surface area contributed by atoms with E-state index in [4.69, 9.17) is 21.1 Å². The Hall–Kier alpha value is -2.38. The lowest BCUT2D eigenvalue weighted by Crippen LogP contribution is -2.36. The van der Waals surface area contributed by atoms with Crippen LogP contribution in [-0.2, 0) is 14.3 Å². The molecule has 34 heavy (non-hydrogen) atoms. The molecule has 0 spiro atoms. The molecule has 2 aromatic rings. The Bertz CT molecular complexity index is 1060. The van der Waals surface area contributed by atoms with Crippen molar-refractivity contribution < 1.29 is 23.9 Å². The van der Waals surface area contributed by atoms with E-state index in [2.05, 4.69) is 42.0 Å². The molecule has 0 unspecified atom stereocenters. The van der Waals surface area contributed by atoms with Gasteiger partial charge in [-0.25, -0.2) is 9.59 Å². The van der Waals surface area contributed by atoms with Crippen molar-refractivity contribution in [1.29, 1.82) is 0 Å². The molecule has 1 saturated carbocycles. The Morgan fingerprint density at radius 2 is 1.76 bits per heavy atom. The summed E-state index contributed by atoms with van der Waals surface area (Å²) in [5, 5.41) is 3.05. The van der Waals surface area contributed by atoms with Crippen LogP contribution in [0.4, 0.5) is 5.69 Å². The SMILES string of the molecule is CC(C)[C@H]1CC[C@@H](C)C[C@H]1OC(=O)c1ccccc1C(=O)OCC(=O)Nc1ccc(Br)c(Cl)c1. The maximum Gasteiger partial charge on any atom is 0.339 e. The monoisotopic (exact) mass is 549 g/mol. The van der Waals surface area contributed by atoms with E-state index in [1.165, 1.54) is 6.07 Å². The van der Waals surface area contributed by atoms with Crippen LogP contribution in [-0.4, -0.2) is 30.6 Å². The lowest BCUT2D eigenvalue weighted by atomic mass is 9.75. The Morgan fingerprint density at radius 3 is 2.41 bits per heavy atom. The van der Waals surface area contributed by atoms with Crippen LogP contribution in [0.15, 0.2) is 46.9 Å². The third kappa shape index (κ3) is 6.83. The average Bonchev–Trinajstić information content (AvgIpc) is 2.79. The summed E-state index contributed by atoms with van der Waals surface area (Å²) in [6, 6.07) is 11.3. The third-order valence-electron chi connectivity index (χ3n) is 6.12. The van der Waals surface area contributed by atoms with Gasteiger partial charge >= 0.3 is 11.9 Å². The number of rotatable bonds is 7. The molecule has 182 valence electrons. The molecule has 1 aliphatic carbocycles. The van der Waals surface area contributed by atoms with Gasteiger partial charge in [-0.1, -0.05) is 50.9 Å². The van der Waals surface area contributed by atoms with Crippen LogP contribution in [0.2, 0.25) is 5.02 Å². The van der Waals surface area contributed by atoms with E-state index in [1.807, 2.05) is 0 Å². The minimum Gasteiger partial charge on any atom is -0.458 e. The number of hydrogen-bond acceptors (Lipinski definition) is 5. The lowest BCUT2D eigenvalue weighted by Gasteiger charge is -2.36. The smallest absolute Gasteiger partial charge is 0.339 e. The van der Waals surface area contributed by atoms with Crippen LogP contribution in [0.25, 0.3) is 0 Å². The first-order valence-electron chi connectivity index (χ1n) is 11.4. The predicted molar refractivity (Wildman–Crippen MR) is 135 cm³/mol. The first-order chi connectivity index (χ1) is 16.2. The van der Waals surface area contributed by atoms with E-state index in [0.717, 1.165) is 19.3 Å². The summed E-state index contributed by atoms with van der Waals surface area (Å²) in [7, 11) is 0. The van der Waals surface area contributed by atoms with Gasteiger partial charge in [0.2, 0.25) is 0 Å². The fourth-order valence-corrected chi connectivity index (χ4v) is 4.70. The predicted octanol–water partition coefficient (Wildman–Crippen LogP) is 6.52. The maximum atomic E-state index is 13.0. The Morgan fingerprint density at radius 1 is 1.09 bits per heavy atom. The molecule has 0 heterocycles. The fraction of sp³-hybridized carbons (Fsp3) is 0.423. The molecule has 1 amide bonds. The first kappa shape index (κ1) is 26.2. The van der Waals surface area contributed by atoms with Gasteiger partial charge in [0, 0.05) is 10.2 Å². The maximum absolute atomic E-state index is 13.0. The van der Waals surface area contributed by atoms with Crippen LogP contribution in [0.1, 0.15) is 60.7 Å². The largest absolute Gasteiger partial charge is 0.458 e. The highest BCUT2D eigenvalue weighted by atomic mass is 79.9. The van der Waals surface area contributed by atoms with Crippen molar-refractivity contribution in [3.63, 3.8) is 0 Å². The zero-order chi connectivity index (χ0) is 24.8. The fourth-order valence-electron chi connectivity index (χ4n) is 4.27. The number of benzene rings is 2. The van der Waals surface area contributed by atoms with Crippen molar-refractivity contribution in [2.24, 2.45) is 17.8 Å². The molecule has 0 aromatic heterocycles. The van der Waals surface area contributed by atoms with Gasteiger partial charge < -0.3 is 14.8 Å². The second-order valence-corrected chi connectivity index (χ2v) is 10.3. The van der Waals surface area contributed by atoms with Gasteiger partial charge in [0.25, 0.3) is 5.91 Å². The van der Waals surface area contributed by atoms with Crippen molar-refractivity contribution in [1.82, 2.24) is 0 Å². The molecule has 8 heteroatoms. The summed E-state index contributed by atoms with van der Waals surface area (Å²) in [6.45, 7) is 5.93. The highest BCUT2D eigenvalue weighted by molar-refractivity contribution is 9.10. The van der Waals surface area contributed by atoms with E-state index in [0.29, 0.717) is 27.0 Å². The van der Waals surface area contributed by atoms with E-state index in [-0.39, 0.29) is 23.1 Å². The van der Waals surface area contributed by atoms with Crippen LogP contribution in [0.3, 0.4) is 0 Å². The molecule has 1 fully saturated rings. The number of anilines is 1. The molecule has 0 radical (unpaired) electrons. The highest BCUT2D eigenvalue weighted by Gasteiger charge is 2.34. The standard InChI is InChI=1S/C26H29BrClNO5/c1-15(2)18-10-8-16(3)12-23(18)34-26(32)20-7-5-4-6-19(20)25(31)33-14-24(30)29-17-9-11-21(27)22(28)13-17/h4-7,9,11,13,15-16,18,23H,8,10,12,14H2,1-3H3,(H,29,30)/t16-,18-,23-/m1/s1. The third-order valence-corrected chi connectivity index (χ3v) is 7.36. The van der Waals surface area contributed by atoms with E-state index >= 15 is 0 Å². The van der Waals surface area contributed by atoms with Gasteiger partial charge in [0.15, 0.2) is 6.61 Å². The second kappa shape index (κ2) is 11.8. The molecular weight excluding hydrogens is 522 g/mol. The van der Waals surface area contributed by atoms with Crippen LogP contribution < -0.4 is 5.32 Å². The summed E-state index contributed by atoms with van der Waals surface area (Å²) >= 11 is 9.31. The zero-order valence-electron chi connectivity index (χ0n) is 19.5. The Kier molecular flexibility index (Phi) is 9.14. The van der Waals surface area contributed by atoms with Crippen LogP contribution in [0.5, 0.6) is 0 Å². The number of carbonyl (C=O) groups is 3. The minimum atomic E-state index is -0.769. The molecule has 0 bridgehead atoms. The highest BCUT2D eigenvalue weighted by Crippen LogP contribution is 2.36. The average molecular weight is 551 g/mol. The Balaban J connectivity index is 1.64. The quantitative estimate of drug-likeness (QED) is 0.397. The molecular formula is C26H29BrClNO5. The number of esters is 2. The number of ether oxygens (including phenoxy) is 2. The van der Waals surface area contributed by atoms with Crippen molar-refractivity contribution in [2.45, 2.75) is 46.1 Å². The molecule has 3 rings (SSSR count). The molecule has 1 N–H and O–H groups in total. The van der Waals surface area contributed by atoms with Gasteiger partial charge in [0.1, 0.15) is 6.10 Å². The number of nitrogens with one attached hydrogen (secondary N) is 1. The minimum absolute atomic E-state index is 0.0666. The van der Waals surface area contributed by atoms with Crippen molar-refractivity contribution in [3.8, 4) is 0 Å². The molecule has 1 aliphatic rings. The van der Waals surface area contributed by atoms with Crippen molar-refractivity contribution >= 4 is 51.1 Å². The summed E-state index contributed by atoms with van der Waals surface area (Å²) in [5.41, 5.74) is 0.671. The number of hydrogen-bond donors (Lipinski definition) is 1. The molecule has 0 saturated heterocycles. The normalized spacial score (nSPS) is 20.0. The van der Waals surface area contributed by atoms with Crippen molar-refractivity contribution in [2.75, 3.05) is 11.9 Å². The second-order valence-electron chi connectivity index (χ2n) is 9.07. The van der Waals surface area contributed by atoms with Crippen molar-refractivity contribution in [3.05, 3.63) is 63.1 Å². The van der Waals surface area contributed by atoms with E-state index < -0.39 is 24.5 Å². The van der Waals surface area contributed by atoms with Gasteiger partial charge in [-0.15, -0.1) is 0 Å². The summed E-state index contributed by atoms with van der Waals surface area (Å²) in [5.74, 6) is -0.685. The van der Waals surface area contributed by atoms with Gasteiger partial charge in [0.05, 0.1) is 16.1 Å². The summed E-state index contributed by atoms with van der Waals surface area (Å²) < 4.78 is 11.8. The van der Waals surface area contributed by atoms with Crippen LogP contribution in [0, 0.1) is 17.8 Å². The molecule has 2 aromatic carbocycles. The van der Waals surface area contributed by atoms with E-state index in [9.17, 15) is 14.4 Å². The number of halogens is 2. The van der Waals surface area contributed by atoms with Gasteiger partial charge in [-0.3, -0.25) is 4.79 Å². The first-order valence-corrected chi connectivity index (χ1v) is 12.5. The molecule has 3 atom stereocenters. The number of amides is 1. The van der Waals surface area contributed by atoms with Gasteiger partial charge in [-0.2, -0.15) is 0 Å². The summed E-state index contributed by atoms with van der Waals surface area (Å²) in [4.78, 5) is 38.0. The Labute approximate surface area is 213 Å². The zero-order valence-corrected chi connectivity index (χ0v) is 21.8. The molecule has 6 nitrogen and oxygen atoms in total. The lowest BCUT2D eigenvalue weighted by molar-refractivity contribution is -0.119. The number of carbonyl (C=O) groups excluding carboxylic acids is 3. The van der Waals surface area contributed by atoms with Crippen LogP contribution >= 0.6 is 27.5 Å². The summed E-state index contributed by atoms with van der Waals surface area (Å²) in [6.07, 6.45) is 2.75. The van der Waals surface area contributed by atoms with Gasteiger partial charge in [-0.05, 0) is 76.9 Å². The molecule has 0 aliphatic heterocycles.